The number of carboxylic acids is 1. The van der Waals surface area contributed by atoms with Crippen molar-refractivity contribution in [3.8, 4) is 0 Å². The maximum atomic E-state index is 10.5. The van der Waals surface area contributed by atoms with Crippen LogP contribution in [0.1, 0.15) is 12.1 Å². The Labute approximate surface area is 109 Å². The lowest BCUT2D eigenvalue weighted by Crippen LogP contribution is -2.09. The summed E-state index contributed by atoms with van der Waals surface area (Å²) in [6.07, 6.45) is 4.06. The van der Waals surface area contributed by atoms with Crippen molar-refractivity contribution in [1.29, 1.82) is 0 Å². The van der Waals surface area contributed by atoms with Crippen LogP contribution in [0.25, 0.3) is 0 Å². The minimum atomic E-state index is -0.801. The normalized spacial score (nSPS) is 10.3. The van der Waals surface area contributed by atoms with E-state index in [0.29, 0.717) is 6.42 Å². The van der Waals surface area contributed by atoms with Crippen LogP contribution in [-0.4, -0.2) is 28.1 Å². The van der Waals surface area contributed by atoms with Crippen LogP contribution in [0.4, 0.5) is 10.8 Å². The summed E-state index contributed by atoms with van der Waals surface area (Å²) in [7, 11) is 1.91. The van der Waals surface area contributed by atoms with Crippen molar-refractivity contribution in [2.24, 2.45) is 0 Å². The van der Waals surface area contributed by atoms with Gasteiger partial charge in [0.2, 0.25) is 0 Å². The molecule has 0 aromatic carbocycles. The Hall–Kier alpha value is -1.95. The Morgan fingerprint density at radius 2 is 2.39 bits per heavy atom. The second-order valence-electron chi connectivity index (χ2n) is 3.79. The third-order valence-electron chi connectivity index (χ3n) is 2.45. The molecule has 0 saturated heterocycles. The van der Waals surface area contributed by atoms with Gasteiger partial charge in [0.05, 0.1) is 24.0 Å². The number of hydrogen-bond donors (Lipinski definition) is 1. The van der Waals surface area contributed by atoms with Gasteiger partial charge in [0.15, 0.2) is 5.13 Å². The van der Waals surface area contributed by atoms with Gasteiger partial charge in [0.1, 0.15) is 0 Å². The highest BCUT2D eigenvalue weighted by Crippen LogP contribution is 2.26. The zero-order valence-electron chi connectivity index (χ0n) is 9.91. The molecule has 94 valence electrons. The summed E-state index contributed by atoms with van der Waals surface area (Å²) in [6, 6.07) is 3.82. The lowest BCUT2D eigenvalue weighted by atomic mass is 10.2. The van der Waals surface area contributed by atoms with E-state index in [1.54, 1.807) is 12.4 Å². The van der Waals surface area contributed by atoms with E-state index in [1.165, 1.54) is 11.3 Å². The Morgan fingerprint density at radius 1 is 1.56 bits per heavy atom. The fourth-order valence-corrected chi connectivity index (χ4v) is 2.31. The monoisotopic (exact) mass is 263 g/mol. The van der Waals surface area contributed by atoms with E-state index in [2.05, 4.69) is 9.97 Å². The summed E-state index contributed by atoms with van der Waals surface area (Å²) in [5.74, 6) is -0.801. The van der Waals surface area contributed by atoms with Crippen LogP contribution in [0, 0.1) is 0 Å². The minimum Gasteiger partial charge on any atom is -0.481 e. The molecule has 0 aliphatic heterocycles. The molecule has 6 heteroatoms. The third kappa shape index (κ3) is 3.04. The van der Waals surface area contributed by atoms with Crippen LogP contribution in [-0.2, 0) is 11.2 Å². The molecule has 2 aromatic rings. The molecule has 0 aliphatic carbocycles. The zero-order chi connectivity index (χ0) is 13.0. The number of aromatic nitrogens is 2. The number of hydrogen-bond acceptors (Lipinski definition) is 5. The van der Waals surface area contributed by atoms with Crippen LogP contribution in [0.2, 0.25) is 0 Å². The molecule has 0 saturated carbocycles. The number of carbonyl (C=O) groups is 1. The van der Waals surface area contributed by atoms with Gasteiger partial charge in [0.25, 0.3) is 0 Å². The Morgan fingerprint density at radius 3 is 3.06 bits per heavy atom. The van der Waals surface area contributed by atoms with Gasteiger partial charge in [-0.25, -0.2) is 4.98 Å². The summed E-state index contributed by atoms with van der Waals surface area (Å²) in [4.78, 5) is 20.9. The SMILES string of the molecule is CN(c1cccnc1)c1nc(CCC(=O)O)cs1. The largest absolute Gasteiger partial charge is 0.481 e. The number of carboxylic acid groups (broad SMARTS) is 1. The van der Waals surface area contributed by atoms with Gasteiger partial charge in [-0.1, -0.05) is 0 Å². The molecule has 0 atom stereocenters. The van der Waals surface area contributed by atoms with Crippen molar-refractivity contribution < 1.29 is 9.90 Å². The molecule has 0 aliphatic rings. The number of anilines is 2. The van der Waals surface area contributed by atoms with Gasteiger partial charge in [-0.2, -0.15) is 0 Å². The maximum Gasteiger partial charge on any atom is 0.303 e. The second-order valence-corrected chi connectivity index (χ2v) is 4.62. The molecule has 0 radical (unpaired) electrons. The van der Waals surface area contributed by atoms with E-state index in [9.17, 15) is 4.79 Å². The molecule has 0 spiro atoms. The van der Waals surface area contributed by atoms with Gasteiger partial charge < -0.3 is 10.0 Å². The number of thiazole rings is 1. The molecule has 2 rings (SSSR count). The summed E-state index contributed by atoms with van der Waals surface area (Å²) < 4.78 is 0. The van der Waals surface area contributed by atoms with Crippen LogP contribution in [0.5, 0.6) is 0 Å². The molecule has 0 amide bonds. The predicted octanol–water partition coefficient (Wildman–Crippen LogP) is 2.32. The van der Waals surface area contributed by atoms with Crippen LogP contribution < -0.4 is 4.90 Å². The molecule has 2 aromatic heterocycles. The number of nitrogens with zero attached hydrogens (tertiary/aromatic N) is 3. The first-order chi connectivity index (χ1) is 8.66. The zero-order valence-corrected chi connectivity index (χ0v) is 10.7. The quantitative estimate of drug-likeness (QED) is 0.896. The highest BCUT2D eigenvalue weighted by molar-refractivity contribution is 7.13. The molecule has 0 fully saturated rings. The number of rotatable bonds is 5. The number of aliphatic carboxylic acids is 1. The van der Waals surface area contributed by atoms with Gasteiger partial charge in [0, 0.05) is 25.0 Å². The first-order valence-electron chi connectivity index (χ1n) is 5.47. The van der Waals surface area contributed by atoms with Crippen molar-refractivity contribution in [2.75, 3.05) is 11.9 Å². The molecule has 18 heavy (non-hydrogen) atoms. The summed E-state index contributed by atoms with van der Waals surface area (Å²) >= 11 is 1.50. The number of pyridine rings is 1. The van der Waals surface area contributed by atoms with Crippen LogP contribution in [0.15, 0.2) is 29.9 Å². The Balaban J connectivity index is 2.08. The van der Waals surface area contributed by atoms with E-state index in [4.69, 9.17) is 5.11 Å². The smallest absolute Gasteiger partial charge is 0.303 e. The molecule has 5 nitrogen and oxygen atoms in total. The predicted molar refractivity (Wildman–Crippen MR) is 70.4 cm³/mol. The minimum absolute atomic E-state index is 0.111. The Bertz CT molecular complexity index is 527. The molecule has 2 heterocycles. The fourth-order valence-electron chi connectivity index (χ4n) is 1.46. The van der Waals surface area contributed by atoms with E-state index in [0.717, 1.165) is 16.5 Å². The van der Waals surface area contributed by atoms with Gasteiger partial charge in [-0.15, -0.1) is 11.3 Å². The highest BCUT2D eigenvalue weighted by atomic mass is 32.1. The molecule has 0 unspecified atom stereocenters. The van der Waals surface area contributed by atoms with Gasteiger partial charge in [-0.3, -0.25) is 9.78 Å². The average Bonchev–Trinajstić information content (AvgIpc) is 2.85. The molecular formula is C12H13N3O2S. The lowest BCUT2D eigenvalue weighted by Gasteiger charge is -2.14. The van der Waals surface area contributed by atoms with Crippen molar-refractivity contribution >= 4 is 28.1 Å². The van der Waals surface area contributed by atoms with Crippen molar-refractivity contribution in [3.05, 3.63) is 35.6 Å². The van der Waals surface area contributed by atoms with E-state index < -0.39 is 5.97 Å². The molecule has 0 bridgehead atoms. The van der Waals surface area contributed by atoms with E-state index >= 15 is 0 Å². The van der Waals surface area contributed by atoms with Crippen LogP contribution >= 0.6 is 11.3 Å². The summed E-state index contributed by atoms with van der Waals surface area (Å²) in [5.41, 5.74) is 1.77. The van der Waals surface area contributed by atoms with Crippen molar-refractivity contribution in [2.45, 2.75) is 12.8 Å². The average molecular weight is 263 g/mol. The van der Waals surface area contributed by atoms with Gasteiger partial charge in [-0.05, 0) is 12.1 Å². The second kappa shape index (κ2) is 5.59. The first-order valence-corrected chi connectivity index (χ1v) is 6.35. The van der Waals surface area contributed by atoms with Crippen molar-refractivity contribution in [1.82, 2.24) is 9.97 Å². The van der Waals surface area contributed by atoms with E-state index in [1.807, 2.05) is 29.5 Å². The molecular weight excluding hydrogens is 250 g/mol. The number of aryl methyl sites for hydroxylation is 1. The maximum absolute atomic E-state index is 10.5. The highest BCUT2D eigenvalue weighted by Gasteiger charge is 2.09. The lowest BCUT2D eigenvalue weighted by molar-refractivity contribution is -0.136. The van der Waals surface area contributed by atoms with Crippen LogP contribution in [0.3, 0.4) is 0 Å². The molecule has 1 N–H and O–H groups in total. The van der Waals surface area contributed by atoms with Crippen molar-refractivity contribution in [3.63, 3.8) is 0 Å². The topological polar surface area (TPSA) is 66.3 Å². The summed E-state index contributed by atoms with van der Waals surface area (Å²) in [6.45, 7) is 0. The third-order valence-corrected chi connectivity index (χ3v) is 3.42. The Kier molecular flexibility index (Phi) is 3.88. The van der Waals surface area contributed by atoms with Gasteiger partial charge >= 0.3 is 5.97 Å². The van der Waals surface area contributed by atoms with E-state index in [-0.39, 0.29) is 6.42 Å². The first kappa shape index (κ1) is 12.5. The fraction of sp³-hybridized carbons (Fsp3) is 0.250. The standard InChI is InChI=1S/C12H13N3O2S/c1-15(10-3-2-6-13-7-10)12-14-9(8-18-12)4-5-11(16)17/h2-3,6-8H,4-5H2,1H3,(H,16,17). The summed E-state index contributed by atoms with van der Waals surface area (Å²) in [5, 5.41) is 11.4.